The van der Waals surface area contributed by atoms with E-state index < -0.39 is 0 Å². The molecule has 0 saturated carbocycles. The number of rotatable bonds is 8. The van der Waals surface area contributed by atoms with Crippen LogP contribution >= 0.6 is 0 Å². The van der Waals surface area contributed by atoms with Crippen molar-refractivity contribution in [3.05, 3.63) is 35.9 Å². The minimum absolute atomic E-state index is 0.145. The summed E-state index contributed by atoms with van der Waals surface area (Å²) in [4.78, 5) is 34.0. The van der Waals surface area contributed by atoms with Crippen LogP contribution in [0.3, 0.4) is 0 Å². The van der Waals surface area contributed by atoms with Gasteiger partial charge in [0, 0.05) is 25.1 Å². The number of methoxy groups -OCH3 is 1. The van der Waals surface area contributed by atoms with Crippen LogP contribution in [0.5, 0.6) is 0 Å². The zero-order valence-electron chi connectivity index (χ0n) is 12.1. The number of hydrogen-bond acceptors (Lipinski definition) is 4. The lowest BCUT2D eigenvalue weighted by molar-refractivity contribution is -0.140. The average Bonchev–Trinajstić information content (AvgIpc) is 2.52. The Bertz CT molecular complexity index is 474. The number of benzene rings is 1. The van der Waals surface area contributed by atoms with Crippen molar-refractivity contribution in [3.63, 3.8) is 0 Å². The lowest BCUT2D eigenvalue weighted by Crippen LogP contribution is -2.28. The first kappa shape index (κ1) is 16.7. The summed E-state index contributed by atoms with van der Waals surface area (Å²) in [5.41, 5.74) is 0.597. The SMILES string of the molecule is COC(=O)CCNC(=O)CCCNC(=O)c1ccccc1. The number of hydrogen-bond donors (Lipinski definition) is 2. The Balaban J connectivity index is 2.09. The number of carbonyl (C=O) groups excluding carboxylic acids is 3. The van der Waals surface area contributed by atoms with Crippen LogP contribution in [-0.4, -0.2) is 38.0 Å². The molecule has 0 aliphatic heterocycles. The molecule has 0 heterocycles. The molecule has 2 N–H and O–H groups in total. The van der Waals surface area contributed by atoms with E-state index >= 15 is 0 Å². The summed E-state index contributed by atoms with van der Waals surface area (Å²) in [7, 11) is 1.31. The van der Waals surface area contributed by atoms with Gasteiger partial charge in [-0.1, -0.05) is 18.2 Å². The zero-order valence-corrected chi connectivity index (χ0v) is 12.1. The molecule has 6 nitrogen and oxygen atoms in total. The van der Waals surface area contributed by atoms with Crippen molar-refractivity contribution in [1.82, 2.24) is 10.6 Å². The van der Waals surface area contributed by atoms with Crippen LogP contribution < -0.4 is 10.6 Å². The van der Waals surface area contributed by atoms with Gasteiger partial charge >= 0.3 is 5.97 Å². The van der Waals surface area contributed by atoms with Gasteiger partial charge in [0.25, 0.3) is 5.91 Å². The highest BCUT2D eigenvalue weighted by molar-refractivity contribution is 5.94. The number of esters is 1. The van der Waals surface area contributed by atoms with E-state index in [0.29, 0.717) is 24.9 Å². The van der Waals surface area contributed by atoms with E-state index in [1.54, 1.807) is 24.3 Å². The van der Waals surface area contributed by atoms with E-state index in [4.69, 9.17) is 0 Å². The van der Waals surface area contributed by atoms with Gasteiger partial charge < -0.3 is 15.4 Å². The van der Waals surface area contributed by atoms with E-state index in [1.165, 1.54) is 7.11 Å². The van der Waals surface area contributed by atoms with Crippen LogP contribution in [0, 0.1) is 0 Å². The highest BCUT2D eigenvalue weighted by atomic mass is 16.5. The largest absolute Gasteiger partial charge is 0.469 e. The molecule has 1 rings (SSSR count). The van der Waals surface area contributed by atoms with Crippen LogP contribution in [0.25, 0.3) is 0 Å². The van der Waals surface area contributed by atoms with Gasteiger partial charge in [-0.3, -0.25) is 14.4 Å². The molecule has 0 spiro atoms. The predicted molar refractivity (Wildman–Crippen MR) is 77.7 cm³/mol. The molecule has 0 atom stereocenters. The Morgan fingerprint density at radius 3 is 2.38 bits per heavy atom. The molecule has 0 saturated heterocycles. The lowest BCUT2D eigenvalue weighted by atomic mass is 10.2. The van der Waals surface area contributed by atoms with Gasteiger partial charge in [0.2, 0.25) is 5.91 Å². The number of ether oxygens (including phenoxy) is 1. The van der Waals surface area contributed by atoms with Crippen LogP contribution in [0.4, 0.5) is 0 Å². The molecule has 0 aliphatic rings. The van der Waals surface area contributed by atoms with Crippen LogP contribution in [0.1, 0.15) is 29.6 Å². The Kier molecular flexibility index (Phi) is 7.56. The van der Waals surface area contributed by atoms with E-state index in [1.807, 2.05) is 6.07 Å². The standard InChI is InChI=1S/C15H20N2O4/c1-21-14(19)9-11-16-13(18)8-5-10-17-15(20)12-6-3-2-4-7-12/h2-4,6-7H,5,8-11H2,1H3,(H,16,18)(H,17,20). The molecular formula is C15H20N2O4. The minimum atomic E-state index is -0.356. The second kappa shape index (κ2) is 9.52. The van der Waals surface area contributed by atoms with Gasteiger partial charge in [-0.05, 0) is 18.6 Å². The van der Waals surface area contributed by atoms with Crippen molar-refractivity contribution in [3.8, 4) is 0 Å². The second-order valence-electron chi connectivity index (χ2n) is 4.40. The highest BCUT2D eigenvalue weighted by Gasteiger charge is 2.06. The summed E-state index contributed by atoms with van der Waals surface area (Å²) in [5, 5.41) is 5.36. The fraction of sp³-hybridized carbons (Fsp3) is 0.400. The second-order valence-corrected chi connectivity index (χ2v) is 4.40. The van der Waals surface area contributed by atoms with E-state index in [-0.39, 0.29) is 30.7 Å². The normalized spacial score (nSPS) is 9.76. The monoisotopic (exact) mass is 292 g/mol. The van der Waals surface area contributed by atoms with Crippen molar-refractivity contribution in [1.29, 1.82) is 0 Å². The smallest absolute Gasteiger partial charge is 0.307 e. The molecule has 114 valence electrons. The number of carbonyl (C=O) groups is 3. The van der Waals surface area contributed by atoms with Gasteiger partial charge in [0.05, 0.1) is 13.5 Å². The fourth-order valence-corrected chi connectivity index (χ4v) is 1.64. The maximum Gasteiger partial charge on any atom is 0.307 e. The summed E-state index contributed by atoms with van der Waals surface area (Å²) < 4.78 is 4.46. The quantitative estimate of drug-likeness (QED) is 0.550. The molecule has 6 heteroatoms. The molecule has 0 aromatic heterocycles. The first-order chi connectivity index (χ1) is 10.1. The topological polar surface area (TPSA) is 84.5 Å². The minimum Gasteiger partial charge on any atom is -0.469 e. The van der Waals surface area contributed by atoms with Crippen LogP contribution in [-0.2, 0) is 14.3 Å². The molecule has 2 amide bonds. The summed E-state index contributed by atoms with van der Waals surface area (Å²) >= 11 is 0. The van der Waals surface area contributed by atoms with Crippen molar-refractivity contribution >= 4 is 17.8 Å². The van der Waals surface area contributed by atoms with E-state index in [2.05, 4.69) is 15.4 Å². The van der Waals surface area contributed by atoms with Crippen LogP contribution in [0.2, 0.25) is 0 Å². The van der Waals surface area contributed by atoms with E-state index in [0.717, 1.165) is 0 Å². The molecule has 1 aromatic rings. The molecule has 0 fully saturated rings. The van der Waals surface area contributed by atoms with Crippen molar-refractivity contribution in [2.45, 2.75) is 19.3 Å². The fourth-order valence-electron chi connectivity index (χ4n) is 1.64. The van der Waals surface area contributed by atoms with Crippen molar-refractivity contribution in [2.24, 2.45) is 0 Å². The van der Waals surface area contributed by atoms with Crippen molar-refractivity contribution < 1.29 is 19.1 Å². The van der Waals surface area contributed by atoms with Crippen LogP contribution in [0.15, 0.2) is 30.3 Å². The zero-order chi connectivity index (χ0) is 15.5. The van der Waals surface area contributed by atoms with Gasteiger partial charge in [0.15, 0.2) is 0 Å². The molecule has 21 heavy (non-hydrogen) atoms. The lowest BCUT2D eigenvalue weighted by Gasteiger charge is -2.06. The van der Waals surface area contributed by atoms with Gasteiger partial charge in [-0.15, -0.1) is 0 Å². The third-order valence-corrected chi connectivity index (χ3v) is 2.78. The summed E-state index contributed by atoms with van der Waals surface area (Å²) in [6.07, 6.45) is 1.01. The summed E-state index contributed by atoms with van der Waals surface area (Å²) in [6.45, 7) is 0.694. The Hall–Kier alpha value is -2.37. The maximum absolute atomic E-state index is 11.7. The molecule has 0 unspecified atom stereocenters. The van der Waals surface area contributed by atoms with Gasteiger partial charge in [-0.25, -0.2) is 0 Å². The Morgan fingerprint density at radius 2 is 1.71 bits per heavy atom. The molecule has 0 radical (unpaired) electrons. The Morgan fingerprint density at radius 1 is 1.00 bits per heavy atom. The molecule has 0 aliphatic carbocycles. The van der Waals surface area contributed by atoms with Gasteiger partial charge in [-0.2, -0.15) is 0 Å². The third kappa shape index (κ3) is 7.10. The average molecular weight is 292 g/mol. The highest BCUT2D eigenvalue weighted by Crippen LogP contribution is 1.98. The molecule has 1 aromatic carbocycles. The summed E-state index contributed by atoms with van der Waals surface area (Å²) in [6, 6.07) is 8.90. The number of nitrogens with one attached hydrogen (secondary N) is 2. The predicted octanol–water partition coefficient (Wildman–Crippen LogP) is 0.876. The van der Waals surface area contributed by atoms with Crippen molar-refractivity contribution in [2.75, 3.05) is 20.2 Å². The number of amides is 2. The maximum atomic E-state index is 11.7. The molecule has 0 bridgehead atoms. The first-order valence-electron chi connectivity index (χ1n) is 6.80. The van der Waals surface area contributed by atoms with E-state index in [9.17, 15) is 14.4 Å². The third-order valence-electron chi connectivity index (χ3n) is 2.78. The first-order valence-corrected chi connectivity index (χ1v) is 6.80. The Labute approximate surface area is 123 Å². The summed E-state index contributed by atoms with van der Waals surface area (Å²) in [5.74, 6) is -0.653. The van der Waals surface area contributed by atoms with Gasteiger partial charge in [0.1, 0.15) is 0 Å². The molecular weight excluding hydrogens is 272 g/mol.